The first-order valence-electron chi connectivity index (χ1n) is 2.84. The van der Waals surface area contributed by atoms with Gasteiger partial charge in [0.25, 0.3) is 0 Å². The number of unbranched alkanes of at least 4 members (excludes halogenated alkanes) is 1. The van der Waals surface area contributed by atoms with Crippen LogP contribution in [0, 0.1) is 0 Å². The van der Waals surface area contributed by atoms with Crippen LogP contribution in [0.15, 0.2) is 0 Å². The number of thiocarbonyl (C=S) groups is 1. The second-order valence-electron chi connectivity index (χ2n) is 1.57. The second kappa shape index (κ2) is 6.32. The van der Waals surface area contributed by atoms with Crippen LogP contribution in [0.1, 0.15) is 19.8 Å². The summed E-state index contributed by atoms with van der Waals surface area (Å²) in [4.78, 5) is 0. The molecule has 0 aliphatic carbocycles. The Morgan fingerprint density at radius 1 is 1.78 bits per heavy atom. The Bertz CT molecular complexity index is 87.0. The molecule has 0 heterocycles. The fourth-order valence-electron chi connectivity index (χ4n) is 0.334. The topological polar surface area (TPSA) is 35.2 Å². The van der Waals surface area contributed by atoms with Gasteiger partial charge in [-0.15, -0.1) is 0 Å². The van der Waals surface area contributed by atoms with E-state index in [1.54, 1.807) is 0 Å². The van der Waals surface area contributed by atoms with E-state index in [4.69, 9.17) is 9.88 Å². The van der Waals surface area contributed by atoms with E-state index < -0.39 is 0 Å². The van der Waals surface area contributed by atoms with Crippen LogP contribution in [-0.4, -0.2) is 11.0 Å². The summed E-state index contributed by atoms with van der Waals surface area (Å²) in [6.07, 6.45) is 2.17. The number of ether oxygens (including phenoxy) is 1. The van der Waals surface area contributed by atoms with Crippen molar-refractivity contribution in [1.82, 2.24) is 0 Å². The van der Waals surface area contributed by atoms with Crippen LogP contribution in [-0.2, 0) is 4.74 Å². The van der Waals surface area contributed by atoms with Gasteiger partial charge in [-0.25, -0.2) is 0 Å². The summed E-state index contributed by atoms with van der Waals surface area (Å²) >= 11 is 5.67. The van der Waals surface area contributed by atoms with Crippen molar-refractivity contribution in [1.29, 1.82) is 0 Å². The molecule has 0 aromatic rings. The van der Waals surface area contributed by atoms with Gasteiger partial charge in [0.15, 0.2) is 0 Å². The minimum Gasteiger partial charge on any atom is -0.478 e. The van der Waals surface area contributed by atoms with Crippen LogP contribution in [0.5, 0.6) is 0 Å². The maximum Gasteiger partial charge on any atom is 0.235 e. The molecule has 0 saturated carbocycles. The molecule has 9 heavy (non-hydrogen) atoms. The average Bonchev–Trinajstić information content (AvgIpc) is 1.89. The Balaban J connectivity index is 2.97. The quantitative estimate of drug-likeness (QED) is 0.392. The SMILES string of the molecule is CCCCOC(=S)SN. The molecule has 0 aromatic carbocycles. The highest BCUT2D eigenvalue weighted by Gasteiger charge is 1.91. The molecule has 0 aromatic heterocycles. The fraction of sp³-hybridized carbons (Fsp3) is 0.800. The largest absolute Gasteiger partial charge is 0.478 e. The zero-order valence-corrected chi connectivity index (χ0v) is 7.06. The van der Waals surface area contributed by atoms with E-state index in [1.807, 2.05) is 0 Å². The molecular weight excluding hydrogens is 154 g/mol. The highest BCUT2D eigenvalue weighted by Crippen LogP contribution is 1.97. The van der Waals surface area contributed by atoms with E-state index in [0.29, 0.717) is 11.0 Å². The zero-order valence-electron chi connectivity index (χ0n) is 5.42. The summed E-state index contributed by atoms with van der Waals surface area (Å²) in [6, 6.07) is 0. The summed E-state index contributed by atoms with van der Waals surface area (Å²) in [5, 5.41) is 5.10. The van der Waals surface area contributed by atoms with Crippen LogP contribution in [0.2, 0.25) is 0 Å². The van der Waals surface area contributed by atoms with E-state index in [0.717, 1.165) is 24.8 Å². The van der Waals surface area contributed by atoms with Crippen molar-refractivity contribution in [3.63, 3.8) is 0 Å². The molecule has 0 rings (SSSR count). The van der Waals surface area contributed by atoms with Gasteiger partial charge in [0.1, 0.15) is 0 Å². The van der Waals surface area contributed by atoms with Crippen LogP contribution < -0.4 is 5.14 Å². The molecule has 4 heteroatoms. The normalized spacial score (nSPS) is 9.11. The predicted molar refractivity (Wildman–Crippen MR) is 45.2 cm³/mol. The smallest absolute Gasteiger partial charge is 0.235 e. The molecule has 0 spiro atoms. The molecule has 0 radical (unpaired) electrons. The summed E-state index contributed by atoms with van der Waals surface area (Å²) in [7, 11) is 0. The van der Waals surface area contributed by atoms with Crippen molar-refractivity contribution in [3.05, 3.63) is 0 Å². The monoisotopic (exact) mass is 165 g/mol. The third-order valence-corrected chi connectivity index (χ3v) is 1.53. The Morgan fingerprint density at radius 3 is 2.89 bits per heavy atom. The van der Waals surface area contributed by atoms with Gasteiger partial charge in [-0.3, -0.25) is 5.14 Å². The Hall–Kier alpha value is 0.200. The van der Waals surface area contributed by atoms with Crippen molar-refractivity contribution in [3.8, 4) is 0 Å². The molecule has 0 aliphatic rings. The van der Waals surface area contributed by atoms with Gasteiger partial charge in [0.2, 0.25) is 4.38 Å². The summed E-state index contributed by atoms with van der Waals surface area (Å²) in [6.45, 7) is 2.79. The average molecular weight is 165 g/mol. The Kier molecular flexibility index (Phi) is 6.46. The predicted octanol–water partition coefficient (Wildman–Crippen LogP) is 1.69. The molecule has 0 fully saturated rings. The molecule has 0 bridgehead atoms. The fourth-order valence-corrected chi connectivity index (χ4v) is 0.569. The Morgan fingerprint density at radius 2 is 2.44 bits per heavy atom. The first kappa shape index (κ1) is 9.20. The minimum atomic E-state index is 0.434. The zero-order chi connectivity index (χ0) is 7.11. The summed E-state index contributed by atoms with van der Waals surface area (Å²) < 4.78 is 5.43. The Labute approximate surface area is 65.3 Å². The lowest BCUT2D eigenvalue weighted by atomic mass is 10.4. The maximum absolute atomic E-state index is 5.10. The van der Waals surface area contributed by atoms with Crippen LogP contribution >= 0.6 is 24.2 Å². The van der Waals surface area contributed by atoms with E-state index in [9.17, 15) is 0 Å². The molecule has 54 valence electrons. The lowest BCUT2D eigenvalue weighted by Crippen LogP contribution is -2.01. The molecule has 0 unspecified atom stereocenters. The van der Waals surface area contributed by atoms with Crippen LogP contribution in [0.25, 0.3) is 0 Å². The molecule has 0 amide bonds. The number of hydrogen-bond donors (Lipinski definition) is 1. The lowest BCUT2D eigenvalue weighted by Gasteiger charge is -2.01. The van der Waals surface area contributed by atoms with Crippen LogP contribution in [0.4, 0.5) is 0 Å². The molecule has 2 N–H and O–H groups in total. The van der Waals surface area contributed by atoms with Gasteiger partial charge >= 0.3 is 0 Å². The summed E-state index contributed by atoms with van der Waals surface area (Å²) in [5.41, 5.74) is 0. The highest BCUT2D eigenvalue weighted by molar-refractivity contribution is 8.21. The van der Waals surface area contributed by atoms with Gasteiger partial charge in [-0.2, -0.15) is 0 Å². The maximum atomic E-state index is 5.10. The third kappa shape index (κ3) is 6.08. The molecular formula is C5H11NOS2. The molecule has 0 saturated heterocycles. The van der Waals surface area contributed by atoms with Gasteiger partial charge in [-0.1, -0.05) is 13.3 Å². The number of nitrogens with two attached hydrogens (primary N) is 1. The van der Waals surface area contributed by atoms with Gasteiger partial charge < -0.3 is 4.74 Å². The van der Waals surface area contributed by atoms with Crippen molar-refractivity contribution in [2.75, 3.05) is 6.61 Å². The van der Waals surface area contributed by atoms with E-state index in [-0.39, 0.29) is 0 Å². The molecule has 2 nitrogen and oxygen atoms in total. The number of hydrogen-bond acceptors (Lipinski definition) is 4. The minimum absolute atomic E-state index is 0.434. The first-order chi connectivity index (χ1) is 4.31. The number of rotatable bonds is 3. The van der Waals surface area contributed by atoms with Crippen molar-refractivity contribution in [2.45, 2.75) is 19.8 Å². The van der Waals surface area contributed by atoms with E-state index in [1.165, 1.54) is 0 Å². The van der Waals surface area contributed by atoms with E-state index >= 15 is 0 Å². The van der Waals surface area contributed by atoms with Gasteiger partial charge in [0.05, 0.1) is 6.61 Å². The van der Waals surface area contributed by atoms with Gasteiger partial charge in [-0.05, 0) is 18.6 Å². The van der Waals surface area contributed by atoms with Crippen molar-refractivity contribution < 1.29 is 4.74 Å². The highest BCUT2D eigenvalue weighted by atomic mass is 32.2. The summed E-state index contributed by atoms with van der Waals surface area (Å²) in [5.74, 6) is 0. The van der Waals surface area contributed by atoms with Crippen molar-refractivity contribution >= 4 is 28.5 Å². The lowest BCUT2D eigenvalue weighted by molar-refractivity contribution is 0.313. The van der Waals surface area contributed by atoms with Crippen molar-refractivity contribution in [2.24, 2.45) is 5.14 Å². The second-order valence-corrected chi connectivity index (χ2v) is 2.81. The van der Waals surface area contributed by atoms with Crippen LogP contribution in [0.3, 0.4) is 0 Å². The molecule has 0 aliphatic heterocycles. The third-order valence-electron chi connectivity index (χ3n) is 0.814. The standard InChI is InChI=1S/C5H11NOS2/c1-2-3-4-7-5(8)9-6/h2-4,6H2,1H3. The first-order valence-corrected chi connectivity index (χ1v) is 4.13. The molecule has 0 atom stereocenters. The van der Waals surface area contributed by atoms with E-state index in [2.05, 4.69) is 19.1 Å². The van der Waals surface area contributed by atoms with Gasteiger partial charge in [0, 0.05) is 11.9 Å².